The molecule has 0 unspecified atom stereocenters. The van der Waals surface area contributed by atoms with Gasteiger partial charge >= 0.3 is 0 Å². The highest BCUT2D eigenvalue weighted by Crippen LogP contribution is 2.42. The molecule has 0 spiro atoms. The van der Waals surface area contributed by atoms with E-state index in [-0.39, 0.29) is 18.5 Å². The number of nitrogens with two attached hydrogens (primary N) is 1. The normalized spacial score (nSPS) is 15.9. The summed E-state index contributed by atoms with van der Waals surface area (Å²) in [5, 5.41) is 0. The Kier molecular flexibility index (Phi) is 5.74. The summed E-state index contributed by atoms with van der Waals surface area (Å²) in [4.78, 5) is 0. The Balaban J connectivity index is 0.00000192. The highest BCUT2D eigenvalue weighted by molar-refractivity contribution is 5.85. The van der Waals surface area contributed by atoms with Crippen LogP contribution in [0.3, 0.4) is 0 Å². The minimum absolute atomic E-state index is 0. The van der Waals surface area contributed by atoms with E-state index in [1.54, 1.807) is 14.2 Å². The first kappa shape index (κ1) is 17.4. The van der Waals surface area contributed by atoms with Gasteiger partial charge in [0.2, 0.25) is 0 Å². The Morgan fingerprint density at radius 1 is 1.13 bits per heavy atom. The lowest BCUT2D eigenvalue weighted by molar-refractivity contribution is 0.182. The van der Waals surface area contributed by atoms with Crippen LogP contribution in [0.2, 0.25) is 0 Å². The Labute approximate surface area is 143 Å². The largest absolute Gasteiger partial charge is 0.497 e. The summed E-state index contributed by atoms with van der Waals surface area (Å²) in [6, 6.07) is 12.1. The number of ether oxygens (including phenoxy) is 3. The third-order valence-corrected chi connectivity index (χ3v) is 4.08. The average molecular weight is 336 g/mol. The van der Waals surface area contributed by atoms with Gasteiger partial charge in [-0.1, -0.05) is 18.2 Å². The van der Waals surface area contributed by atoms with Crippen molar-refractivity contribution in [1.29, 1.82) is 0 Å². The summed E-state index contributed by atoms with van der Waals surface area (Å²) in [5.74, 6) is 2.46. The number of aryl methyl sites for hydroxylation is 1. The maximum Gasteiger partial charge on any atom is 0.130 e. The molecule has 1 aliphatic rings. The highest BCUT2D eigenvalue weighted by Gasteiger charge is 2.23. The molecule has 0 radical (unpaired) electrons. The predicted octanol–water partition coefficient (Wildman–Crippen LogP) is 3.44. The van der Waals surface area contributed by atoms with E-state index in [0.29, 0.717) is 6.54 Å². The molecule has 5 heteroatoms. The Hall–Kier alpha value is -1.91. The van der Waals surface area contributed by atoms with Crippen molar-refractivity contribution in [1.82, 2.24) is 0 Å². The van der Waals surface area contributed by atoms with E-state index in [9.17, 15) is 0 Å². The minimum atomic E-state index is 0. The van der Waals surface area contributed by atoms with Crippen LogP contribution < -0.4 is 19.9 Å². The van der Waals surface area contributed by atoms with Gasteiger partial charge < -0.3 is 19.9 Å². The van der Waals surface area contributed by atoms with Crippen LogP contribution in [-0.4, -0.2) is 26.9 Å². The van der Waals surface area contributed by atoms with Gasteiger partial charge in [-0.25, -0.2) is 0 Å². The predicted molar refractivity (Wildman–Crippen MR) is 94.0 cm³/mol. The molecule has 2 aromatic carbocycles. The molecular weight excluding hydrogens is 314 g/mol. The number of halogens is 1. The fourth-order valence-electron chi connectivity index (χ4n) is 2.86. The second kappa shape index (κ2) is 7.57. The van der Waals surface area contributed by atoms with Gasteiger partial charge in [0.15, 0.2) is 0 Å². The molecule has 23 heavy (non-hydrogen) atoms. The summed E-state index contributed by atoms with van der Waals surface area (Å²) in [6.07, 6.45) is 2.04. The van der Waals surface area contributed by atoms with Gasteiger partial charge in [0.25, 0.3) is 0 Å². The standard InChI is InChI=1S/C18H21NO3.ClH/c1-20-13-8-9-15(17(10-13)21-2)16-5-3-4-12-6-7-14(11-19)22-18(12)16;/h3-5,8-10,14H,6-7,11,19H2,1-2H3;1H/t14-;/m0./s1. The number of benzene rings is 2. The van der Waals surface area contributed by atoms with Crippen LogP contribution in [0.1, 0.15) is 12.0 Å². The van der Waals surface area contributed by atoms with Crippen LogP contribution in [0.5, 0.6) is 17.2 Å². The van der Waals surface area contributed by atoms with Crippen LogP contribution >= 0.6 is 12.4 Å². The van der Waals surface area contributed by atoms with Crippen molar-refractivity contribution in [2.75, 3.05) is 20.8 Å². The van der Waals surface area contributed by atoms with Gasteiger partial charge in [0.1, 0.15) is 23.4 Å². The first-order valence-electron chi connectivity index (χ1n) is 7.47. The van der Waals surface area contributed by atoms with E-state index in [0.717, 1.165) is 41.2 Å². The van der Waals surface area contributed by atoms with Gasteiger partial charge in [-0.2, -0.15) is 0 Å². The van der Waals surface area contributed by atoms with Crippen molar-refractivity contribution in [2.24, 2.45) is 5.73 Å². The van der Waals surface area contributed by atoms with E-state index in [4.69, 9.17) is 19.9 Å². The fourth-order valence-corrected chi connectivity index (χ4v) is 2.86. The number of para-hydroxylation sites is 1. The third kappa shape index (κ3) is 3.38. The molecule has 3 rings (SSSR count). The van der Waals surface area contributed by atoms with Gasteiger partial charge in [-0.05, 0) is 30.5 Å². The smallest absolute Gasteiger partial charge is 0.130 e. The topological polar surface area (TPSA) is 53.7 Å². The van der Waals surface area contributed by atoms with Gasteiger partial charge in [0.05, 0.1) is 14.2 Å². The monoisotopic (exact) mass is 335 g/mol. The van der Waals surface area contributed by atoms with Crippen molar-refractivity contribution in [2.45, 2.75) is 18.9 Å². The Morgan fingerprint density at radius 2 is 1.96 bits per heavy atom. The molecule has 124 valence electrons. The second-order valence-corrected chi connectivity index (χ2v) is 5.37. The van der Waals surface area contributed by atoms with Crippen molar-refractivity contribution < 1.29 is 14.2 Å². The van der Waals surface area contributed by atoms with E-state index >= 15 is 0 Å². The summed E-state index contributed by atoms with van der Waals surface area (Å²) >= 11 is 0. The molecule has 2 N–H and O–H groups in total. The summed E-state index contributed by atoms with van der Waals surface area (Å²) < 4.78 is 16.9. The van der Waals surface area contributed by atoms with E-state index in [1.807, 2.05) is 18.2 Å². The fraction of sp³-hybridized carbons (Fsp3) is 0.333. The zero-order valence-electron chi connectivity index (χ0n) is 13.4. The molecule has 0 aliphatic carbocycles. The lowest BCUT2D eigenvalue weighted by atomic mass is 9.95. The van der Waals surface area contributed by atoms with Crippen LogP contribution in [0.25, 0.3) is 11.1 Å². The number of hydrogen-bond acceptors (Lipinski definition) is 4. The maximum atomic E-state index is 6.11. The summed E-state index contributed by atoms with van der Waals surface area (Å²) in [5.41, 5.74) is 9.03. The number of rotatable bonds is 4. The summed E-state index contributed by atoms with van der Waals surface area (Å²) in [7, 11) is 3.31. The van der Waals surface area contributed by atoms with Crippen molar-refractivity contribution in [3.63, 3.8) is 0 Å². The molecular formula is C18H22ClNO3. The molecule has 0 amide bonds. The first-order chi connectivity index (χ1) is 10.8. The van der Waals surface area contributed by atoms with Crippen LogP contribution in [0, 0.1) is 0 Å². The zero-order valence-corrected chi connectivity index (χ0v) is 14.2. The quantitative estimate of drug-likeness (QED) is 0.929. The zero-order chi connectivity index (χ0) is 15.5. The third-order valence-electron chi connectivity index (χ3n) is 4.08. The maximum absolute atomic E-state index is 6.11. The Bertz CT molecular complexity index is 675. The lowest BCUT2D eigenvalue weighted by Crippen LogP contribution is -2.30. The summed E-state index contributed by atoms with van der Waals surface area (Å²) in [6.45, 7) is 0.535. The SMILES string of the molecule is COc1ccc(-c2cccc3c2O[C@H](CN)CC3)c(OC)c1.Cl. The Morgan fingerprint density at radius 3 is 2.65 bits per heavy atom. The molecule has 1 aliphatic heterocycles. The number of fused-ring (bicyclic) bond motifs is 1. The highest BCUT2D eigenvalue weighted by atomic mass is 35.5. The van der Waals surface area contributed by atoms with Crippen molar-refractivity contribution in [3.8, 4) is 28.4 Å². The minimum Gasteiger partial charge on any atom is -0.497 e. The first-order valence-corrected chi connectivity index (χ1v) is 7.47. The van der Waals surface area contributed by atoms with Gasteiger partial charge in [0, 0.05) is 23.7 Å². The molecule has 4 nitrogen and oxygen atoms in total. The van der Waals surface area contributed by atoms with Crippen molar-refractivity contribution >= 4 is 12.4 Å². The van der Waals surface area contributed by atoms with E-state index in [2.05, 4.69) is 18.2 Å². The lowest BCUT2D eigenvalue weighted by Gasteiger charge is -2.27. The van der Waals surface area contributed by atoms with Crippen molar-refractivity contribution in [3.05, 3.63) is 42.0 Å². The number of hydrogen-bond donors (Lipinski definition) is 1. The van der Waals surface area contributed by atoms with Crippen LogP contribution in [0.15, 0.2) is 36.4 Å². The van der Waals surface area contributed by atoms with E-state index < -0.39 is 0 Å². The van der Waals surface area contributed by atoms with Crippen LogP contribution in [0.4, 0.5) is 0 Å². The number of methoxy groups -OCH3 is 2. The molecule has 1 heterocycles. The van der Waals surface area contributed by atoms with Crippen LogP contribution in [-0.2, 0) is 6.42 Å². The molecule has 0 aromatic heterocycles. The molecule has 1 atom stereocenters. The van der Waals surface area contributed by atoms with E-state index in [1.165, 1.54) is 5.56 Å². The molecule has 0 saturated carbocycles. The molecule has 0 fully saturated rings. The van der Waals surface area contributed by atoms with Gasteiger partial charge in [-0.15, -0.1) is 12.4 Å². The average Bonchev–Trinajstić information content (AvgIpc) is 2.60. The van der Waals surface area contributed by atoms with Gasteiger partial charge in [-0.3, -0.25) is 0 Å². The molecule has 2 aromatic rings. The second-order valence-electron chi connectivity index (χ2n) is 5.37. The molecule has 0 saturated heterocycles. The molecule has 0 bridgehead atoms.